The molecule has 4 rings (SSSR count). The fourth-order valence-electron chi connectivity index (χ4n) is 3.52. The third-order valence-corrected chi connectivity index (χ3v) is 7.85. The molecular weight excluding hydrogens is 542 g/mol. The molecular formula is C20H15ClF6N4O2S2. The highest BCUT2D eigenvalue weighted by atomic mass is 35.5. The van der Waals surface area contributed by atoms with Gasteiger partial charge in [-0.15, -0.1) is 11.3 Å². The molecule has 0 atom stereocenters. The Morgan fingerprint density at radius 2 is 1.80 bits per heavy atom. The van der Waals surface area contributed by atoms with Gasteiger partial charge in [0.2, 0.25) is 5.95 Å². The van der Waals surface area contributed by atoms with Gasteiger partial charge in [0.25, 0.3) is 0 Å². The number of sulfone groups is 1. The highest BCUT2D eigenvalue weighted by Crippen LogP contribution is 2.46. The Bertz CT molecular complexity index is 1400. The normalized spacial score (nSPS) is 14.6. The predicted octanol–water partition coefficient (Wildman–Crippen LogP) is 5.69. The molecule has 0 saturated carbocycles. The van der Waals surface area contributed by atoms with Crippen molar-refractivity contribution in [2.24, 2.45) is 0 Å². The summed E-state index contributed by atoms with van der Waals surface area (Å²) in [4.78, 5) is 4.18. The topological polar surface area (TPSA) is 84.0 Å². The van der Waals surface area contributed by atoms with Gasteiger partial charge in [-0.3, -0.25) is 0 Å². The average Bonchev–Trinajstić information content (AvgIpc) is 3.20. The standard InChI is InChI=1S/C20H15ClF6N4O2S2/c1-35(32,33)15-6-14(34-17(15)20(25,26)27)16-11(19(22,23)24)8-29-18(31-16)30-13-5-9-2-3-28-7-10(9)4-12(13)21/h4-6,8,28H,2-3,7H2,1H3,(H,29,30,31). The summed E-state index contributed by atoms with van der Waals surface area (Å²) in [5.41, 5.74) is -0.0996. The molecule has 1 aliphatic rings. The molecule has 35 heavy (non-hydrogen) atoms. The molecule has 188 valence electrons. The Hall–Kier alpha value is -2.42. The van der Waals surface area contributed by atoms with Crippen LogP contribution in [0.3, 0.4) is 0 Å². The zero-order valence-electron chi connectivity index (χ0n) is 17.6. The third kappa shape index (κ3) is 5.39. The van der Waals surface area contributed by atoms with Crippen molar-refractivity contribution in [3.63, 3.8) is 0 Å². The van der Waals surface area contributed by atoms with Crippen molar-refractivity contribution in [3.05, 3.63) is 51.0 Å². The number of fused-ring (bicyclic) bond motifs is 1. The Morgan fingerprint density at radius 1 is 1.09 bits per heavy atom. The lowest BCUT2D eigenvalue weighted by Gasteiger charge is -2.19. The van der Waals surface area contributed by atoms with Crippen molar-refractivity contribution in [2.75, 3.05) is 18.1 Å². The minimum absolute atomic E-state index is 0.142. The molecule has 2 N–H and O–H groups in total. The van der Waals surface area contributed by atoms with E-state index >= 15 is 0 Å². The van der Waals surface area contributed by atoms with Gasteiger partial charge < -0.3 is 10.6 Å². The molecule has 1 aromatic carbocycles. The van der Waals surface area contributed by atoms with Crippen LogP contribution < -0.4 is 10.6 Å². The minimum Gasteiger partial charge on any atom is -0.323 e. The fourth-order valence-corrected chi connectivity index (χ4v) is 6.12. The quantitative estimate of drug-likeness (QED) is 0.402. The smallest absolute Gasteiger partial charge is 0.323 e. The Morgan fingerprint density at radius 3 is 2.40 bits per heavy atom. The van der Waals surface area contributed by atoms with E-state index in [-0.39, 0.29) is 22.3 Å². The molecule has 0 fully saturated rings. The molecule has 3 heterocycles. The SMILES string of the molecule is CS(=O)(=O)c1cc(-c2nc(Nc3cc4c(cc3Cl)CNCC4)ncc2C(F)(F)F)sc1C(F)(F)F. The Kier molecular flexibility index (Phi) is 6.53. The van der Waals surface area contributed by atoms with Crippen molar-refractivity contribution in [2.45, 2.75) is 30.2 Å². The van der Waals surface area contributed by atoms with Gasteiger partial charge >= 0.3 is 12.4 Å². The van der Waals surface area contributed by atoms with Crippen LogP contribution in [0.25, 0.3) is 10.6 Å². The van der Waals surface area contributed by atoms with Gasteiger partial charge in [-0.1, -0.05) is 11.6 Å². The van der Waals surface area contributed by atoms with Gasteiger partial charge in [-0.25, -0.2) is 18.4 Å². The van der Waals surface area contributed by atoms with E-state index in [9.17, 15) is 34.8 Å². The summed E-state index contributed by atoms with van der Waals surface area (Å²) in [7, 11) is -4.40. The van der Waals surface area contributed by atoms with E-state index in [0.717, 1.165) is 17.7 Å². The lowest BCUT2D eigenvalue weighted by atomic mass is 10.0. The zero-order chi connectivity index (χ0) is 25.8. The zero-order valence-corrected chi connectivity index (χ0v) is 20.0. The number of benzene rings is 1. The molecule has 0 unspecified atom stereocenters. The van der Waals surface area contributed by atoms with E-state index in [1.165, 1.54) is 0 Å². The summed E-state index contributed by atoms with van der Waals surface area (Å²) in [6.45, 7) is 1.32. The molecule has 0 bridgehead atoms. The number of rotatable bonds is 4. The maximum atomic E-state index is 13.7. The minimum atomic E-state index is -5.10. The summed E-state index contributed by atoms with van der Waals surface area (Å²) < 4.78 is 105. The van der Waals surface area contributed by atoms with Crippen LogP contribution in [0.4, 0.5) is 38.0 Å². The predicted molar refractivity (Wildman–Crippen MR) is 119 cm³/mol. The second-order valence-corrected chi connectivity index (χ2v) is 11.1. The van der Waals surface area contributed by atoms with Crippen molar-refractivity contribution < 1.29 is 34.8 Å². The van der Waals surface area contributed by atoms with Crippen LogP contribution in [0.15, 0.2) is 29.3 Å². The highest BCUT2D eigenvalue weighted by Gasteiger charge is 2.41. The monoisotopic (exact) mass is 556 g/mol. The molecule has 0 amide bonds. The Balaban J connectivity index is 1.84. The van der Waals surface area contributed by atoms with Crippen molar-refractivity contribution in [1.29, 1.82) is 0 Å². The average molecular weight is 557 g/mol. The number of hydrogen-bond donors (Lipinski definition) is 2. The van der Waals surface area contributed by atoms with E-state index < -0.39 is 48.1 Å². The number of nitrogens with one attached hydrogen (secondary N) is 2. The second-order valence-electron chi connectivity index (χ2n) is 7.68. The number of halogens is 7. The van der Waals surface area contributed by atoms with Crippen LogP contribution in [-0.4, -0.2) is 31.2 Å². The first-order valence-electron chi connectivity index (χ1n) is 9.79. The van der Waals surface area contributed by atoms with Crippen molar-refractivity contribution in [1.82, 2.24) is 15.3 Å². The number of anilines is 2. The van der Waals surface area contributed by atoms with Gasteiger partial charge in [0, 0.05) is 19.0 Å². The van der Waals surface area contributed by atoms with Crippen LogP contribution in [0.5, 0.6) is 0 Å². The van der Waals surface area contributed by atoms with Crippen LogP contribution in [0.2, 0.25) is 5.02 Å². The first kappa shape index (κ1) is 25.7. The maximum absolute atomic E-state index is 13.7. The van der Waals surface area contributed by atoms with Gasteiger partial charge in [0.15, 0.2) is 9.84 Å². The van der Waals surface area contributed by atoms with E-state index in [2.05, 4.69) is 20.6 Å². The first-order chi connectivity index (χ1) is 16.1. The van der Waals surface area contributed by atoms with Gasteiger partial charge in [-0.05, 0) is 42.3 Å². The van der Waals surface area contributed by atoms with Crippen molar-refractivity contribution in [3.8, 4) is 10.6 Å². The highest BCUT2D eigenvalue weighted by molar-refractivity contribution is 7.91. The molecule has 6 nitrogen and oxygen atoms in total. The number of nitrogens with zero attached hydrogens (tertiary/aromatic N) is 2. The van der Waals surface area contributed by atoms with Gasteiger partial charge in [0.1, 0.15) is 10.4 Å². The summed E-state index contributed by atoms with van der Waals surface area (Å²) >= 11 is 6.14. The van der Waals surface area contributed by atoms with E-state index in [0.29, 0.717) is 37.2 Å². The second kappa shape index (κ2) is 8.91. The fraction of sp³-hybridized carbons (Fsp3) is 0.300. The molecule has 1 aliphatic heterocycles. The van der Waals surface area contributed by atoms with E-state index in [1.54, 1.807) is 12.1 Å². The lowest BCUT2D eigenvalue weighted by molar-refractivity contribution is -0.137. The summed E-state index contributed by atoms with van der Waals surface area (Å²) in [5.74, 6) is -0.355. The van der Waals surface area contributed by atoms with Crippen LogP contribution in [0.1, 0.15) is 21.6 Å². The number of thiophene rings is 1. The largest absolute Gasteiger partial charge is 0.426 e. The molecule has 2 aromatic heterocycles. The van der Waals surface area contributed by atoms with Crippen molar-refractivity contribution >= 4 is 44.4 Å². The number of hydrogen-bond acceptors (Lipinski definition) is 7. The molecule has 3 aromatic rings. The van der Waals surface area contributed by atoms with Gasteiger partial charge in [-0.2, -0.15) is 26.3 Å². The van der Waals surface area contributed by atoms with E-state index in [4.69, 9.17) is 11.6 Å². The lowest BCUT2D eigenvalue weighted by Crippen LogP contribution is -2.23. The summed E-state index contributed by atoms with van der Waals surface area (Å²) in [6.07, 6.45) is -8.46. The molecule has 0 aliphatic carbocycles. The van der Waals surface area contributed by atoms with Crippen LogP contribution in [-0.2, 0) is 35.2 Å². The molecule has 0 radical (unpaired) electrons. The summed E-state index contributed by atoms with van der Waals surface area (Å²) in [5, 5.41) is 6.14. The van der Waals surface area contributed by atoms with Gasteiger partial charge in [0.05, 0.1) is 26.2 Å². The van der Waals surface area contributed by atoms with Crippen LogP contribution in [0, 0.1) is 0 Å². The first-order valence-corrected chi connectivity index (χ1v) is 12.9. The Labute approximate surface area is 204 Å². The molecule has 0 spiro atoms. The maximum Gasteiger partial charge on any atom is 0.426 e. The molecule has 15 heteroatoms. The third-order valence-electron chi connectivity index (χ3n) is 5.10. The van der Waals surface area contributed by atoms with E-state index in [1.807, 2.05) is 0 Å². The number of alkyl halides is 6. The molecule has 0 saturated heterocycles. The van der Waals surface area contributed by atoms with Crippen LogP contribution >= 0.6 is 22.9 Å². The number of aromatic nitrogens is 2. The summed E-state index contributed by atoms with van der Waals surface area (Å²) in [6, 6.07) is 3.93.